The van der Waals surface area contributed by atoms with Gasteiger partial charge >= 0.3 is 0 Å². The van der Waals surface area contributed by atoms with Crippen molar-refractivity contribution < 1.29 is 9.53 Å². The number of imidazole rings is 1. The summed E-state index contributed by atoms with van der Waals surface area (Å²) in [7, 11) is 0. The molecule has 0 saturated carbocycles. The van der Waals surface area contributed by atoms with Gasteiger partial charge in [-0.3, -0.25) is 9.78 Å². The van der Waals surface area contributed by atoms with E-state index in [4.69, 9.17) is 9.72 Å². The Morgan fingerprint density at radius 3 is 2.76 bits per heavy atom. The summed E-state index contributed by atoms with van der Waals surface area (Å²) in [6.07, 6.45) is 5.78. The van der Waals surface area contributed by atoms with Crippen molar-refractivity contribution in [3.8, 4) is 0 Å². The lowest BCUT2D eigenvalue weighted by molar-refractivity contribution is 0.0457. The van der Waals surface area contributed by atoms with Crippen molar-refractivity contribution in [3.63, 3.8) is 0 Å². The van der Waals surface area contributed by atoms with Crippen LogP contribution in [0.2, 0.25) is 0 Å². The molecule has 1 aromatic carbocycles. The minimum absolute atomic E-state index is 0.0325. The fraction of sp³-hybridized carbons (Fsp3) is 0.435. The molecule has 6 nitrogen and oxygen atoms in total. The average Bonchev–Trinajstić information content (AvgIpc) is 3.10. The van der Waals surface area contributed by atoms with Crippen LogP contribution in [0.1, 0.15) is 40.8 Å². The SMILES string of the molecule is Cc1cnc(C2CCOCC2)n1CC1CN(C(=O)c2nccc3ccccc23)C1. The average molecular weight is 390 g/mol. The van der Waals surface area contributed by atoms with Crippen molar-refractivity contribution in [1.82, 2.24) is 19.4 Å². The number of pyridine rings is 1. The second kappa shape index (κ2) is 7.59. The minimum atomic E-state index is 0.0325. The highest BCUT2D eigenvalue weighted by atomic mass is 16.5. The van der Waals surface area contributed by atoms with Crippen molar-refractivity contribution in [2.24, 2.45) is 5.92 Å². The van der Waals surface area contributed by atoms with Crippen LogP contribution in [0.15, 0.2) is 42.7 Å². The largest absolute Gasteiger partial charge is 0.381 e. The molecule has 2 aromatic heterocycles. The number of nitrogens with zero attached hydrogens (tertiary/aromatic N) is 4. The van der Waals surface area contributed by atoms with Crippen molar-refractivity contribution in [3.05, 3.63) is 59.9 Å². The number of rotatable bonds is 4. The number of hydrogen-bond donors (Lipinski definition) is 0. The summed E-state index contributed by atoms with van der Waals surface area (Å²) in [5.41, 5.74) is 1.76. The van der Waals surface area contributed by atoms with Gasteiger partial charge in [0.25, 0.3) is 5.91 Å². The molecule has 6 heteroatoms. The quantitative estimate of drug-likeness (QED) is 0.685. The fourth-order valence-corrected chi connectivity index (χ4v) is 4.55. The Morgan fingerprint density at radius 2 is 1.93 bits per heavy atom. The van der Waals surface area contributed by atoms with Crippen LogP contribution in [0.4, 0.5) is 0 Å². The molecule has 1 amide bonds. The molecule has 0 N–H and O–H groups in total. The van der Waals surface area contributed by atoms with Gasteiger partial charge in [-0.05, 0) is 31.2 Å². The molecule has 2 aliphatic heterocycles. The zero-order valence-electron chi connectivity index (χ0n) is 16.8. The van der Waals surface area contributed by atoms with Crippen LogP contribution in [-0.4, -0.2) is 51.6 Å². The van der Waals surface area contributed by atoms with Crippen molar-refractivity contribution in [2.75, 3.05) is 26.3 Å². The number of fused-ring (bicyclic) bond motifs is 1. The maximum atomic E-state index is 13.0. The molecule has 0 unspecified atom stereocenters. The summed E-state index contributed by atoms with van der Waals surface area (Å²) < 4.78 is 7.87. The highest BCUT2D eigenvalue weighted by Gasteiger charge is 2.34. The topological polar surface area (TPSA) is 60.2 Å². The van der Waals surface area contributed by atoms with E-state index in [9.17, 15) is 4.79 Å². The Kier molecular flexibility index (Phi) is 4.79. The van der Waals surface area contributed by atoms with E-state index >= 15 is 0 Å². The smallest absolute Gasteiger partial charge is 0.273 e. The fourth-order valence-electron chi connectivity index (χ4n) is 4.55. The zero-order valence-corrected chi connectivity index (χ0v) is 16.8. The molecular weight excluding hydrogens is 364 g/mol. The number of carbonyl (C=O) groups excluding carboxylic acids is 1. The third-order valence-electron chi connectivity index (χ3n) is 6.23. The van der Waals surface area contributed by atoms with Gasteiger partial charge in [-0.25, -0.2) is 4.98 Å². The Balaban J connectivity index is 1.27. The first-order chi connectivity index (χ1) is 14.2. The summed E-state index contributed by atoms with van der Waals surface area (Å²) in [6.45, 7) is 6.23. The number of amides is 1. The molecule has 0 aliphatic carbocycles. The molecule has 0 bridgehead atoms. The number of benzene rings is 1. The summed E-state index contributed by atoms with van der Waals surface area (Å²) in [4.78, 5) is 24.0. The van der Waals surface area contributed by atoms with Gasteiger partial charge in [0.05, 0.1) is 0 Å². The number of hydrogen-bond acceptors (Lipinski definition) is 4. The van der Waals surface area contributed by atoms with Gasteiger partial charge in [-0.1, -0.05) is 24.3 Å². The molecule has 2 aliphatic rings. The molecule has 0 radical (unpaired) electrons. The van der Waals surface area contributed by atoms with Gasteiger partial charge in [0.15, 0.2) is 0 Å². The van der Waals surface area contributed by atoms with Crippen LogP contribution in [0.25, 0.3) is 10.8 Å². The lowest BCUT2D eigenvalue weighted by Crippen LogP contribution is -2.51. The van der Waals surface area contributed by atoms with Crippen LogP contribution in [-0.2, 0) is 11.3 Å². The van der Waals surface area contributed by atoms with Crippen molar-refractivity contribution in [1.29, 1.82) is 0 Å². The second-order valence-electron chi connectivity index (χ2n) is 8.21. The molecule has 5 rings (SSSR count). The summed E-state index contributed by atoms with van der Waals surface area (Å²) >= 11 is 0. The molecule has 2 fully saturated rings. The van der Waals surface area contributed by atoms with Gasteiger partial charge in [-0.2, -0.15) is 0 Å². The second-order valence-corrected chi connectivity index (χ2v) is 8.21. The van der Waals surface area contributed by atoms with Crippen LogP contribution < -0.4 is 0 Å². The van der Waals surface area contributed by atoms with Gasteiger partial charge < -0.3 is 14.2 Å². The van der Waals surface area contributed by atoms with Crippen LogP contribution in [0.3, 0.4) is 0 Å². The summed E-state index contributed by atoms with van der Waals surface area (Å²) in [6, 6.07) is 9.89. The first kappa shape index (κ1) is 18.3. The van der Waals surface area contributed by atoms with Crippen molar-refractivity contribution in [2.45, 2.75) is 32.2 Å². The normalized spacial score (nSPS) is 18.2. The first-order valence-corrected chi connectivity index (χ1v) is 10.4. The van der Waals surface area contributed by atoms with Gasteiger partial charge in [0.1, 0.15) is 11.5 Å². The summed E-state index contributed by atoms with van der Waals surface area (Å²) in [5, 5.41) is 1.98. The summed E-state index contributed by atoms with van der Waals surface area (Å²) in [5.74, 6) is 2.16. The number of likely N-dealkylation sites (tertiary alicyclic amines) is 1. The molecule has 0 spiro atoms. The van der Waals surface area contributed by atoms with Gasteiger partial charge in [0.2, 0.25) is 0 Å². The van der Waals surface area contributed by atoms with E-state index in [0.717, 1.165) is 56.5 Å². The highest BCUT2D eigenvalue weighted by molar-refractivity contribution is 6.05. The van der Waals surface area contributed by atoms with E-state index in [2.05, 4.69) is 16.5 Å². The Hall–Kier alpha value is -2.73. The molecule has 2 saturated heterocycles. The van der Waals surface area contributed by atoms with Crippen LogP contribution in [0, 0.1) is 12.8 Å². The number of carbonyl (C=O) groups is 1. The van der Waals surface area contributed by atoms with E-state index in [0.29, 0.717) is 17.5 Å². The lowest BCUT2D eigenvalue weighted by atomic mass is 9.96. The zero-order chi connectivity index (χ0) is 19.8. The molecule has 150 valence electrons. The third-order valence-corrected chi connectivity index (χ3v) is 6.23. The van der Waals surface area contributed by atoms with Crippen LogP contribution in [0.5, 0.6) is 0 Å². The highest BCUT2D eigenvalue weighted by Crippen LogP contribution is 2.29. The van der Waals surface area contributed by atoms with E-state index in [-0.39, 0.29) is 5.91 Å². The van der Waals surface area contributed by atoms with Gasteiger partial charge in [0, 0.05) is 68.2 Å². The maximum Gasteiger partial charge on any atom is 0.273 e. The molecular formula is C23H26N4O2. The van der Waals surface area contributed by atoms with E-state index < -0.39 is 0 Å². The molecule has 4 heterocycles. The molecule has 29 heavy (non-hydrogen) atoms. The van der Waals surface area contributed by atoms with E-state index in [1.807, 2.05) is 41.4 Å². The Bertz CT molecular complexity index is 1030. The lowest BCUT2D eigenvalue weighted by Gasteiger charge is -2.40. The van der Waals surface area contributed by atoms with Crippen LogP contribution >= 0.6 is 0 Å². The number of aryl methyl sites for hydroxylation is 1. The van der Waals surface area contributed by atoms with Crippen molar-refractivity contribution >= 4 is 16.7 Å². The standard InChI is InChI=1S/C23H26N4O2/c1-16-12-25-22(19-7-10-29-11-8-19)27(16)15-17-13-26(14-17)23(28)21-20-5-3-2-4-18(20)6-9-24-21/h2-6,9,12,17,19H,7-8,10-11,13-15H2,1H3. The number of ether oxygens (including phenoxy) is 1. The number of aromatic nitrogens is 3. The predicted octanol–water partition coefficient (Wildman–Crippen LogP) is 3.41. The van der Waals surface area contributed by atoms with E-state index in [1.54, 1.807) is 6.20 Å². The monoisotopic (exact) mass is 390 g/mol. The Morgan fingerprint density at radius 1 is 1.14 bits per heavy atom. The maximum absolute atomic E-state index is 13.0. The molecule has 3 aromatic rings. The van der Waals surface area contributed by atoms with Gasteiger partial charge in [-0.15, -0.1) is 0 Å². The third kappa shape index (κ3) is 3.42. The predicted molar refractivity (Wildman–Crippen MR) is 111 cm³/mol. The first-order valence-electron chi connectivity index (χ1n) is 10.4. The Labute approximate surface area is 170 Å². The molecule has 0 atom stereocenters. The van der Waals surface area contributed by atoms with E-state index in [1.165, 1.54) is 11.5 Å². The minimum Gasteiger partial charge on any atom is -0.381 e.